The number of nitrogens with one attached hydrogen (secondary N) is 3. The van der Waals surface area contributed by atoms with Crippen molar-refractivity contribution in [2.45, 2.75) is 43.7 Å². The molecule has 1 spiro atoms. The van der Waals surface area contributed by atoms with Gasteiger partial charge in [0.05, 0.1) is 0 Å². The Morgan fingerprint density at radius 1 is 1.29 bits per heavy atom. The second kappa shape index (κ2) is 4.88. The lowest BCUT2D eigenvalue weighted by Crippen LogP contribution is -2.59. The summed E-state index contributed by atoms with van der Waals surface area (Å²) in [5.41, 5.74) is 2.08. The van der Waals surface area contributed by atoms with Crippen molar-refractivity contribution in [2.24, 2.45) is 0 Å². The quantitative estimate of drug-likeness (QED) is 0.793. The van der Waals surface area contributed by atoms with Crippen molar-refractivity contribution < 1.29 is 4.79 Å². The zero-order chi connectivity index (χ0) is 14.3. The molecular weight excluding hydrogens is 262 g/mol. The molecule has 2 aliphatic rings. The van der Waals surface area contributed by atoms with Crippen molar-refractivity contribution in [3.05, 3.63) is 36.0 Å². The number of aromatic nitrogens is 1. The highest BCUT2D eigenvalue weighted by Gasteiger charge is 2.41. The Bertz CT molecular complexity index is 671. The first-order valence-electron chi connectivity index (χ1n) is 7.87. The van der Waals surface area contributed by atoms with Gasteiger partial charge in [-0.25, -0.2) is 0 Å². The van der Waals surface area contributed by atoms with Gasteiger partial charge in [0.2, 0.25) is 0 Å². The molecule has 2 fully saturated rings. The fraction of sp³-hybridized carbons (Fsp3) is 0.471. The fourth-order valence-electron chi connectivity index (χ4n) is 3.72. The SMILES string of the molecule is O=C(NC1CCNC2(CCC2)C1)c1ccc2cc[nH]c2c1. The van der Waals surface area contributed by atoms with Crippen molar-refractivity contribution in [3.8, 4) is 0 Å². The molecule has 0 bridgehead atoms. The van der Waals surface area contributed by atoms with Crippen LogP contribution in [-0.4, -0.2) is 29.0 Å². The Kier molecular flexibility index (Phi) is 3.00. The van der Waals surface area contributed by atoms with Crippen molar-refractivity contribution in [1.82, 2.24) is 15.6 Å². The first kappa shape index (κ1) is 12.9. The molecule has 1 aromatic heterocycles. The molecule has 1 atom stereocenters. The van der Waals surface area contributed by atoms with E-state index < -0.39 is 0 Å². The second-order valence-corrected chi connectivity index (χ2v) is 6.50. The maximum atomic E-state index is 12.5. The average Bonchev–Trinajstić information content (AvgIpc) is 2.93. The van der Waals surface area contributed by atoms with Crippen molar-refractivity contribution >= 4 is 16.8 Å². The highest BCUT2D eigenvalue weighted by molar-refractivity contribution is 5.98. The Labute approximate surface area is 124 Å². The van der Waals surface area contributed by atoms with Crippen molar-refractivity contribution in [1.29, 1.82) is 0 Å². The summed E-state index contributed by atoms with van der Waals surface area (Å²) in [7, 11) is 0. The zero-order valence-corrected chi connectivity index (χ0v) is 12.1. The van der Waals surface area contributed by atoms with Gasteiger partial charge < -0.3 is 15.6 Å². The third-order valence-electron chi connectivity index (χ3n) is 5.09. The number of amides is 1. The summed E-state index contributed by atoms with van der Waals surface area (Å²) in [6.45, 7) is 1.01. The molecule has 2 heterocycles. The van der Waals surface area contributed by atoms with Gasteiger partial charge in [0.1, 0.15) is 0 Å². The highest BCUT2D eigenvalue weighted by Crippen LogP contribution is 2.38. The van der Waals surface area contributed by atoms with Gasteiger partial charge in [0.15, 0.2) is 0 Å². The van der Waals surface area contributed by atoms with Crippen LogP contribution in [0.25, 0.3) is 10.9 Å². The topological polar surface area (TPSA) is 56.9 Å². The number of piperidine rings is 1. The Hall–Kier alpha value is -1.81. The molecule has 1 aromatic carbocycles. The molecule has 1 aliphatic carbocycles. The van der Waals surface area contributed by atoms with Gasteiger partial charge in [0, 0.05) is 28.9 Å². The van der Waals surface area contributed by atoms with Crippen LogP contribution in [0.15, 0.2) is 30.5 Å². The highest BCUT2D eigenvalue weighted by atomic mass is 16.1. The van der Waals surface area contributed by atoms with Crippen molar-refractivity contribution in [2.75, 3.05) is 6.54 Å². The molecule has 2 aromatic rings. The Morgan fingerprint density at radius 3 is 3.00 bits per heavy atom. The first-order chi connectivity index (χ1) is 10.2. The molecular formula is C17H21N3O. The van der Waals surface area contributed by atoms with Gasteiger partial charge in [-0.15, -0.1) is 0 Å². The number of hydrogen-bond donors (Lipinski definition) is 3. The van der Waals surface area contributed by atoms with E-state index in [0.717, 1.165) is 35.9 Å². The molecule has 0 radical (unpaired) electrons. The third-order valence-corrected chi connectivity index (χ3v) is 5.09. The van der Waals surface area contributed by atoms with E-state index in [2.05, 4.69) is 15.6 Å². The van der Waals surface area contributed by atoms with E-state index in [1.54, 1.807) is 0 Å². The van der Waals surface area contributed by atoms with E-state index in [4.69, 9.17) is 0 Å². The van der Waals surface area contributed by atoms with E-state index in [9.17, 15) is 4.79 Å². The van der Waals surface area contributed by atoms with Gasteiger partial charge in [-0.05, 0) is 62.2 Å². The zero-order valence-electron chi connectivity index (χ0n) is 12.1. The lowest BCUT2D eigenvalue weighted by molar-refractivity contribution is 0.0853. The Balaban J connectivity index is 1.47. The minimum absolute atomic E-state index is 0.0490. The molecule has 21 heavy (non-hydrogen) atoms. The molecule has 110 valence electrons. The maximum absolute atomic E-state index is 12.5. The molecule has 1 saturated carbocycles. The van der Waals surface area contributed by atoms with Crippen LogP contribution in [0.5, 0.6) is 0 Å². The smallest absolute Gasteiger partial charge is 0.251 e. The molecule has 1 aliphatic heterocycles. The molecule has 1 unspecified atom stereocenters. The number of H-pyrrole nitrogens is 1. The molecule has 4 rings (SSSR count). The number of aromatic amines is 1. The van der Waals surface area contributed by atoms with Gasteiger partial charge in [-0.1, -0.05) is 6.07 Å². The van der Waals surface area contributed by atoms with Crippen LogP contribution >= 0.6 is 0 Å². The lowest BCUT2D eigenvalue weighted by Gasteiger charge is -2.48. The first-order valence-corrected chi connectivity index (χ1v) is 7.87. The number of carbonyl (C=O) groups is 1. The Morgan fingerprint density at radius 2 is 2.19 bits per heavy atom. The standard InChI is InChI=1S/C17H21N3O/c21-16(13-3-2-12-4-8-18-15(12)10-13)20-14-5-9-19-17(11-14)6-1-7-17/h2-4,8,10,14,18-19H,1,5-7,9,11H2,(H,20,21). The van der Waals surface area contributed by atoms with Crippen LogP contribution < -0.4 is 10.6 Å². The summed E-state index contributed by atoms with van der Waals surface area (Å²) in [5.74, 6) is 0.0490. The van der Waals surface area contributed by atoms with Crippen LogP contribution in [0.3, 0.4) is 0 Å². The predicted molar refractivity (Wildman–Crippen MR) is 83.4 cm³/mol. The average molecular weight is 283 g/mol. The van der Waals surface area contributed by atoms with Crippen molar-refractivity contribution in [3.63, 3.8) is 0 Å². The van der Waals surface area contributed by atoms with Crippen LogP contribution in [0.2, 0.25) is 0 Å². The summed E-state index contributed by atoms with van der Waals surface area (Å²) in [5, 5.41) is 8.00. The van der Waals surface area contributed by atoms with E-state index in [-0.39, 0.29) is 5.91 Å². The summed E-state index contributed by atoms with van der Waals surface area (Å²) in [6, 6.07) is 8.16. The van der Waals surface area contributed by atoms with Gasteiger partial charge >= 0.3 is 0 Å². The minimum Gasteiger partial charge on any atom is -0.361 e. The maximum Gasteiger partial charge on any atom is 0.251 e. The summed E-state index contributed by atoms with van der Waals surface area (Å²) in [6.07, 6.45) is 7.83. The second-order valence-electron chi connectivity index (χ2n) is 6.50. The van der Waals surface area contributed by atoms with Gasteiger partial charge in [-0.2, -0.15) is 0 Å². The third kappa shape index (κ3) is 2.33. The summed E-state index contributed by atoms with van der Waals surface area (Å²) >= 11 is 0. The molecule has 1 saturated heterocycles. The molecule has 4 heteroatoms. The molecule has 4 nitrogen and oxygen atoms in total. The number of fused-ring (bicyclic) bond motifs is 1. The molecule has 1 amide bonds. The lowest BCUT2D eigenvalue weighted by atomic mass is 9.70. The summed E-state index contributed by atoms with van der Waals surface area (Å²) in [4.78, 5) is 15.6. The largest absolute Gasteiger partial charge is 0.361 e. The van der Waals surface area contributed by atoms with E-state index in [1.165, 1.54) is 19.3 Å². The number of hydrogen-bond acceptors (Lipinski definition) is 2. The minimum atomic E-state index is 0.0490. The van der Waals surface area contributed by atoms with Gasteiger partial charge in [0.25, 0.3) is 5.91 Å². The monoisotopic (exact) mass is 283 g/mol. The van der Waals surface area contributed by atoms with Crippen LogP contribution in [0, 0.1) is 0 Å². The number of carbonyl (C=O) groups excluding carboxylic acids is 1. The summed E-state index contributed by atoms with van der Waals surface area (Å²) < 4.78 is 0. The van der Waals surface area contributed by atoms with E-state index in [0.29, 0.717) is 11.6 Å². The van der Waals surface area contributed by atoms with Gasteiger partial charge in [-0.3, -0.25) is 4.79 Å². The number of benzene rings is 1. The van der Waals surface area contributed by atoms with Crippen LogP contribution in [0.1, 0.15) is 42.5 Å². The number of rotatable bonds is 2. The van der Waals surface area contributed by atoms with E-state index >= 15 is 0 Å². The van der Waals surface area contributed by atoms with Crippen LogP contribution in [-0.2, 0) is 0 Å². The normalized spacial score (nSPS) is 23.9. The molecule has 3 N–H and O–H groups in total. The predicted octanol–water partition coefficient (Wildman–Crippen LogP) is 2.57. The van der Waals surface area contributed by atoms with Crippen LogP contribution in [0.4, 0.5) is 0 Å². The fourth-order valence-corrected chi connectivity index (χ4v) is 3.72. The van der Waals surface area contributed by atoms with E-state index in [1.807, 2.05) is 30.5 Å².